The summed E-state index contributed by atoms with van der Waals surface area (Å²) in [5, 5.41) is 1.87. The number of benzene rings is 1. The lowest BCUT2D eigenvalue weighted by molar-refractivity contribution is -0.134. The molecule has 0 fully saturated rings. The molecule has 3 aromatic rings. The van der Waals surface area contributed by atoms with Crippen LogP contribution in [0, 0.1) is 0 Å². The van der Waals surface area contributed by atoms with Crippen molar-refractivity contribution in [3.8, 4) is 21.8 Å². The normalized spacial score (nSPS) is 12.7. The molecule has 172 valence electrons. The summed E-state index contributed by atoms with van der Waals surface area (Å²) in [6.07, 6.45) is -4.34. The second kappa shape index (κ2) is 8.87. The molecule has 0 saturated heterocycles. The Bertz CT molecular complexity index is 1230. The molecule has 0 bridgehead atoms. The van der Waals surface area contributed by atoms with Crippen LogP contribution in [0.2, 0.25) is 5.02 Å². The zero-order chi connectivity index (χ0) is 23.7. The highest BCUT2D eigenvalue weighted by Gasteiger charge is 2.46. The number of pyridine rings is 1. The summed E-state index contributed by atoms with van der Waals surface area (Å²) < 4.78 is 99.2. The average molecular weight is 516 g/mol. The van der Waals surface area contributed by atoms with E-state index in [9.17, 15) is 34.8 Å². The van der Waals surface area contributed by atoms with Gasteiger partial charge in [0.2, 0.25) is 0 Å². The number of aromatic nitrogens is 2. The van der Waals surface area contributed by atoms with Gasteiger partial charge in [-0.25, -0.2) is 4.98 Å². The highest BCUT2D eigenvalue weighted by molar-refractivity contribution is 7.93. The Morgan fingerprint density at radius 1 is 1.06 bits per heavy atom. The van der Waals surface area contributed by atoms with Crippen LogP contribution in [0.4, 0.5) is 32.0 Å². The minimum Gasteiger partial charge on any atom is -0.276 e. The lowest BCUT2D eigenvalue weighted by Gasteiger charge is -2.11. The second-order valence-corrected chi connectivity index (χ2v) is 9.34. The summed E-state index contributed by atoms with van der Waals surface area (Å²) in [5.74, 6) is 0. The van der Waals surface area contributed by atoms with E-state index in [0.29, 0.717) is 21.8 Å². The van der Waals surface area contributed by atoms with Gasteiger partial charge < -0.3 is 0 Å². The van der Waals surface area contributed by atoms with E-state index in [0.717, 1.165) is 23.5 Å². The van der Waals surface area contributed by atoms with Gasteiger partial charge in [-0.05, 0) is 36.8 Å². The average Bonchev–Trinajstić information content (AvgIpc) is 3.14. The number of aryl methyl sites for hydroxylation is 1. The van der Waals surface area contributed by atoms with Crippen molar-refractivity contribution in [1.29, 1.82) is 0 Å². The van der Waals surface area contributed by atoms with Gasteiger partial charge in [-0.3, -0.25) is 9.71 Å². The monoisotopic (exact) mass is 515 g/mol. The molecule has 0 saturated carbocycles. The van der Waals surface area contributed by atoms with Crippen LogP contribution < -0.4 is 4.72 Å². The molecule has 32 heavy (non-hydrogen) atoms. The highest BCUT2D eigenvalue weighted by atomic mass is 35.5. The fraction of sp³-hybridized carbons (Fsp3) is 0.222. The van der Waals surface area contributed by atoms with E-state index in [1.54, 1.807) is 17.5 Å². The van der Waals surface area contributed by atoms with Crippen molar-refractivity contribution in [2.24, 2.45) is 0 Å². The van der Waals surface area contributed by atoms with E-state index in [4.69, 9.17) is 11.6 Å². The highest BCUT2D eigenvalue weighted by Crippen LogP contribution is 2.36. The Morgan fingerprint density at radius 3 is 2.41 bits per heavy atom. The van der Waals surface area contributed by atoms with E-state index in [-0.39, 0.29) is 17.1 Å². The predicted molar refractivity (Wildman–Crippen MR) is 109 cm³/mol. The summed E-state index contributed by atoms with van der Waals surface area (Å²) in [6.45, 7) is 0. The Balaban J connectivity index is 1.87. The zero-order valence-corrected chi connectivity index (χ0v) is 18.0. The molecule has 0 amide bonds. The minimum atomic E-state index is -5.61. The smallest absolute Gasteiger partial charge is 0.276 e. The van der Waals surface area contributed by atoms with Crippen molar-refractivity contribution in [2.45, 2.75) is 24.5 Å². The maximum atomic E-state index is 12.6. The summed E-state index contributed by atoms with van der Waals surface area (Å²) in [7, 11) is -5.61. The van der Waals surface area contributed by atoms with Crippen molar-refractivity contribution in [2.75, 3.05) is 4.72 Å². The summed E-state index contributed by atoms with van der Waals surface area (Å²) in [6, 6.07) is 6.50. The fourth-order valence-electron chi connectivity index (χ4n) is 2.61. The second-order valence-electron chi connectivity index (χ2n) is 6.40. The van der Waals surface area contributed by atoms with Gasteiger partial charge in [0.15, 0.2) is 0 Å². The van der Waals surface area contributed by atoms with Crippen LogP contribution in [0.15, 0.2) is 41.9 Å². The molecule has 0 aliphatic heterocycles. The Hall–Kier alpha value is -2.38. The maximum absolute atomic E-state index is 12.6. The van der Waals surface area contributed by atoms with Gasteiger partial charge in [0, 0.05) is 29.1 Å². The van der Waals surface area contributed by atoms with Crippen molar-refractivity contribution in [3.63, 3.8) is 0 Å². The first-order valence-electron chi connectivity index (χ1n) is 8.62. The van der Waals surface area contributed by atoms with Gasteiger partial charge in [0.25, 0.3) is 0 Å². The molecular weight excluding hydrogens is 504 g/mol. The predicted octanol–water partition coefficient (Wildman–Crippen LogP) is 6.28. The van der Waals surface area contributed by atoms with Crippen LogP contribution in [-0.2, 0) is 16.4 Å². The molecule has 3 rings (SSSR count). The standard InChI is InChI=1S/C18H12ClF6N3O2S2/c19-13-8-10(28-32(29,30)18(23,24)25)3-4-11(13)15-9-31-16(27-15)12-2-1-7-26-14(12)5-6-17(20,21)22/h1-4,7-9,28H,5-6H2. The molecule has 5 nitrogen and oxygen atoms in total. The number of hydrogen-bond donors (Lipinski definition) is 1. The van der Waals surface area contributed by atoms with Gasteiger partial charge in [-0.2, -0.15) is 34.8 Å². The number of rotatable bonds is 6. The Morgan fingerprint density at radius 2 is 1.78 bits per heavy atom. The summed E-state index contributed by atoms with van der Waals surface area (Å²) in [5.41, 5.74) is -4.65. The minimum absolute atomic E-state index is 0.0762. The van der Waals surface area contributed by atoms with Gasteiger partial charge in [0.1, 0.15) is 5.01 Å². The first kappa shape index (κ1) is 24.3. The van der Waals surface area contributed by atoms with Crippen molar-refractivity contribution in [3.05, 3.63) is 52.6 Å². The SMILES string of the molecule is O=S(=O)(Nc1ccc(-c2csc(-c3cccnc3CCC(F)(F)F)n2)c(Cl)c1)C(F)(F)F. The third-order valence-electron chi connectivity index (χ3n) is 4.07. The number of nitrogens with one attached hydrogen (secondary N) is 1. The van der Waals surface area contributed by atoms with E-state index in [1.165, 1.54) is 17.0 Å². The van der Waals surface area contributed by atoms with Gasteiger partial charge in [-0.1, -0.05) is 11.6 Å². The van der Waals surface area contributed by atoms with Crippen LogP contribution in [0.1, 0.15) is 12.1 Å². The summed E-state index contributed by atoms with van der Waals surface area (Å²) in [4.78, 5) is 8.36. The number of nitrogens with zero attached hydrogens (tertiary/aromatic N) is 2. The molecular formula is C18H12ClF6N3O2S2. The van der Waals surface area contributed by atoms with E-state index in [2.05, 4.69) is 9.97 Å². The molecule has 0 radical (unpaired) electrons. The largest absolute Gasteiger partial charge is 0.516 e. The molecule has 0 unspecified atom stereocenters. The Labute approximate surface area is 187 Å². The van der Waals surface area contributed by atoms with E-state index < -0.39 is 33.8 Å². The quantitative estimate of drug-likeness (QED) is 0.392. The number of thiazole rings is 1. The molecule has 1 N–H and O–H groups in total. The van der Waals surface area contributed by atoms with Crippen LogP contribution in [0.3, 0.4) is 0 Å². The van der Waals surface area contributed by atoms with Crippen LogP contribution in [0.5, 0.6) is 0 Å². The molecule has 0 aliphatic carbocycles. The molecule has 1 aromatic carbocycles. The van der Waals surface area contributed by atoms with Gasteiger partial charge >= 0.3 is 21.7 Å². The van der Waals surface area contributed by atoms with Gasteiger partial charge in [-0.15, -0.1) is 11.3 Å². The lowest BCUT2D eigenvalue weighted by Crippen LogP contribution is -2.29. The lowest BCUT2D eigenvalue weighted by atomic mass is 10.1. The summed E-state index contributed by atoms with van der Waals surface area (Å²) >= 11 is 7.22. The topological polar surface area (TPSA) is 72.0 Å². The molecule has 0 aliphatic rings. The van der Waals surface area contributed by atoms with Gasteiger partial charge in [0.05, 0.1) is 22.1 Å². The van der Waals surface area contributed by atoms with Crippen LogP contribution >= 0.6 is 22.9 Å². The van der Waals surface area contributed by atoms with Crippen molar-refractivity contribution in [1.82, 2.24) is 9.97 Å². The fourth-order valence-corrected chi connectivity index (χ4v) is 4.31. The maximum Gasteiger partial charge on any atom is 0.516 e. The number of alkyl halides is 6. The molecule has 2 aromatic heterocycles. The zero-order valence-electron chi connectivity index (χ0n) is 15.6. The van der Waals surface area contributed by atoms with E-state index in [1.807, 2.05) is 0 Å². The Kier molecular flexibility index (Phi) is 6.72. The molecule has 14 heteroatoms. The molecule has 2 heterocycles. The first-order valence-corrected chi connectivity index (χ1v) is 11.4. The first-order chi connectivity index (χ1) is 14.8. The number of sulfonamides is 1. The van der Waals surface area contributed by atoms with Crippen molar-refractivity contribution < 1.29 is 34.8 Å². The van der Waals surface area contributed by atoms with E-state index >= 15 is 0 Å². The molecule has 0 atom stereocenters. The van der Waals surface area contributed by atoms with Crippen LogP contribution in [-0.4, -0.2) is 30.1 Å². The third kappa shape index (κ3) is 5.70. The molecule has 0 spiro atoms. The van der Waals surface area contributed by atoms with Crippen molar-refractivity contribution >= 4 is 38.6 Å². The number of anilines is 1. The number of halogens is 7. The number of hydrogen-bond acceptors (Lipinski definition) is 5. The van der Waals surface area contributed by atoms with Crippen LogP contribution in [0.25, 0.3) is 21.8 Å². The third-order valence-corrected chi connectivity index (χ3v) is 6.37.